The lowest BCUT2D eigenvalue weighted by Gasteiger charge is -2.35. The molecule has 0 aliphatic carbocycles. The van der Waals surface area contributed by atoms with E-state index in [2.05, 4.69) is 5.32 Å². The quantitative estimate of drug-likeness (QED) is 0.599. The van der Waals surface area contributed by atoms with Gasteiger partial charge in [0.15, 0.2) is 5.11 Å². The summed E-state index contributed by atoms with van der Waals surface area (Å²) >= 11 is 5.31. The highest BCUT2D eigenvalue weighted by Crippen LogP contribution is 2.11. The molecule has 0 saturated carbocycles. The number of ether oxygens (including phenoxy) is 1. The van der Waals surface area contributed by atoms with Gasteiger partial charge in [0.2, 0.25) is 10.0 Å². The fourth-order valence-electron chi connectivity index (χ4n) is 2.33. The van der Waals surface area contributed by atoms with E-state index in [0.717, 1.165) is 5.56 Å². The molecule has 8 heteroatoms. The summed E-state index contributed by atoms with van der Waals surface area (Å²) in [6.45, 7) is 3.24. The van der Waals surface area contributed by atoms with Crippen molar-refractivity contribution in [3.05, 3.63) is 41.3 Å². The van der Waals surface area contributed by atoms with Gasteiger partial charge in [-0.3, -0.25) is 0 Å². The number of sulfonamides is 1. The molecular formula is C16H23N3O3S2. The SMILES string of the molecule is COCCNC(=S)N1CCN(S(=O)(=O)/C=C/c2ccccc2)CC1. The highest BCUT2D eigenvalue weighted by atomic mass is 32.2. The van der Waals surface area contributed by atoms with Gasteiger partial charge in [-0.1, -0.05) is 30.3 Å². The Labute approximate surface area is 149 Å². The number of piperazine rings is 1. The van der Waals surface area contributed by atoms with Crippen molar-refractivity contribution in [1.29, 1.82) is 0 Å². The number of benzene rings is 1. The molecule has 0 spiro atoms. The number of thiocarbonyl (C=S) groups is 1. The van der Waals surface area contributed by atoms with Gasteiger partial charge in [0.25, 0.3) is 0 Å². The Morgan fingerprint density at radius 3 is 2.54 bits per heavy atom. The van der Waals surface area contributed by atoms with Crippen LogP contribution in [0.2, 0.25) is 0 Å². The summed E-state index contributed by atoms with van der Waals surface area (Å²) in [5, 5.41) is 5.02. The number of nitrogens with zero attached hydrogens (tertiary/aromatic N) is 2. The summed E-state index contributed by atoms with van der Waals surface area (Å²) in [4.78, 5) is 1.98. The minimum atomic E-state index is -3.41. The fourth-order valence-corrected chi connectivity index (χ4v) is 3.79. The molecule has 0 aromatic heterocycles. The van der Waals surface area contributed by atoms with E-state index in [0.29, 0.717) is 44.4 Å². The molecule has 132 valence electrons. The smallest absolute Gasteiger partial charge is 0.236 e. The predicted octanol–water partition coefficient (Wildman–Crippen LogP) is 1.13. The first kappa shape index (κ1) is 18.9. The molecule has 1 saturated heterocycles. The lowest BCUT2D eigenvalue weighted by molar-refractivity contribution is 0.201. The van der Waals surface area contributed by atoms with Gasteiger partial charge in [-0.25, -0.2) is 8.42 Å². The van der Waals surface area contributed by atoms with Crippen LogP contribution < -0.4 is 5.32 Å². The Hall–Kier alpha value is -1.48. The molecule has 0 unspecified atom stereocenters. The van der Waals surface area contributed by atoms with Gasteiger partial charge >= 0.3 is 0 Å². The maximum atomic E-state index is 12.4. The number of methoxy groups -OCH3 is 1. The molecule has 0 amide bonds. The van der Waals surface area contributed by atoms with Crippen LogP contribution in [-0.2, 0) is 14.8 Å². The van der Waals surface area contributed by atoms with E-state index < -0.39 is 10.0 Å². The number of hydrogen-bond donors (Lipinski definition) is 1. The zero-order chi connectivity index (χ0) is 17.4. The number of nitrogens with one attached hydrogen (secondary N) is 1. The van der Waals surface area contributed by atoms with Gasteiger partial charge in [-0.15, -0.1) is 0 Å². The van der Waals surface area contributed by atoms with Gasteiger partial charge < -0.3 is 15.0 Å². The Morgan fingerprint density at radius 1 is 1.25 bits per heavy atom. The minimum absolute atomic E-state index is 0.424. The molecule has 1 aliphatic heterocycles. The zero-order valence-corrected chi connectivity index (χ0v) is 15.4. The summed E-state index contributed by atoms with van der Waals surface area (Å²) in [6.07, 6.45) is 1.62. The van der Waals surface area contributed by atoms with Gasteiger partial charge in [0.1, 0.15) is 0 Å². The molecule has 1 aromatic rings. The topological polar surface area (TPSA) is 61.9 Å². The monoisotopic (exact) mass is 369 g/mol. The summed E-state index contributed by atoms with van der Waals surface area (Å²) in [5.74, 6) is 0. The van der Waals surface area contributed by atoms with E-state index in [9.17, 15) is 8.42 Å². The summed E-state index contributed by atoms with van der Waals surface area (Å²) < 4.78 is 31.3. The molecule has 1 aromatic carbocycles. The molecule has 1 N–H and O–H groups in total. The maximum absolute atomic E-state index is 12.4. The van der Waals surface area contributed by atoms with Crippen molar-refractivity contribution in [2.75, 3.05) is 46.4 Å². The highest BCUT2D eigenvalue weighted by Gasteiger charge is 2.25. The van der Waals surface area contributed by atoms with Crippen molar-refractivity contribution < 1.29 is 13.2 Å². The van der Waals surface area contributed by atoms with Gasteiger partial charge in [-0.05, 0) is 23.9 Å². The van der Waals surface area contributed by atoms with Crippen LogP contribution in [0.4, 0.5) is 0 Å². The maximum Gasteiger partial charge on any atom is 0.236 e. The third-order valence-corrected chi connectivity index (χ3v) is 5.67. The Bertz CT molecular complexity index is 654. The predicted molar refractivity (Wildman–Crippen MR) is 100 cm³/mol. The second kappa shape index (κ2) is 9.12. The molecule has 0 bridgehead atoms. The fraction of sp³-hybridized carbons (Fsp3) is 0.438. The minimum Gasteiger partial charge on any atom is -0.383 e. The van der Waals surface area contributed by atoms with E-state index >= 15 is 0 Å². The number of rotatable bonds is 6. The normalized spacial score (nSPS) is 16.5. The zero-order valence-electron chi connectivity index (χ0n) is 13.7. The van der Waals surface area contributed by atoms with Crippen LogP contribution in [0.25, 0.3) is 6.08 Å². The molecule has 1 aliphatic rings. The van der Waals surface area contributed by atoms with Gasteiger partial charge in [0.05, 0.1) is 6.61 Å². The van der Waals surface area contributed by atoms with Crippen LogP contribution in [0.3, 0.4) is 0 Å². The average molecular weight is 370 g/mol. The van der Waals surface area contributed by atoms with Crippen molar-refractivity contribution in [2.45, 2.75) is 0 Å². The van der Waals surface area contributed by atoms with Crippen LogP contribution in [0.5, 0.6) is 0 Å². The van der Waals surface area contributed by atoms with Crippen LogP contribution in [0, 0.1) is 0 Å². The lowest BCUT2D eigenvalue weighted by Crippen LogP contribution is -2.52. The van der Waals surface area contributed by atoms with Crippen molar-refractivity contribution in [2.24, 2.45) is 0 Å². The third kappa shape index (κ3) is 5.55. The standard InChI is InChI=1S/C16H23N3O3S2/c1-22-13-8-17-16(23)18-9-11-19(12-10-18)24(20,21)14-7-15-5-3-2-4-6-15/h2-7,14H,8-13H2,1H3,(H,17,23)/b14-7+. The van der Waals surface area contributed by atoms with E-state index in [-0.39, 0.29) is 0 Å². The molecule has 0 atom stereocenters. The average Bonchev–Trinajstić information content (AvgIpc) is 2.61. The largest absolute Gasteiger partial charge is 0.383 e. The van der Waals surface area contributed by atoms with Crippen molar-refractivity contribution >= 4 is 33.4 Å². The lowest BCUT2D eigenvalue weighted by atomic mass is 10.2. The highest BCUT2D eigenvalue weighted by molar-refractivity contribution is 7.92. The molecule has 24 heavy (non-hydrogen) atoms. The second-order valence-corrected chi connectivity index (χ2v) is 7.57. The first-order valence-electron chi connectivity index (χ1n) is 7.78. The van der Waals surface area contributed by atoms with Crippen molar-refractivity contribution in [3.63, 3.8) is 0 Å². The van der Waals surface area contributed by atoms with Crippen LogP contribution in [0.15, 0.2) is 35.7 Å². The second-order valence-electron chi connectivity index (χ2n) is 5.37. The van der Waals surface area contributed by atoms with E-state index in [1.54, 1.807) is 13.2 Å². The van der Waals surface area contributed by atoms with Crippen molar-refractivity contribution in [1.82, 2.24) is 14.5 Å². The Morgan fingerprint density at radius 2 is 1.92 bits per heavy atom. The molecule has 2 rings (SSSR count). The van der Waals surface area contributed by atoms with Crippen LogP contribution in [-0.4, -0.2) is 69.2 Å². The molecule has 0 radical (unpaired) electrons. The van der Waals surface area contributed by atoms with E-state index in [4.69, 9.17) is 17.0 Å². The summed E-state index contributed by atoms with van der Waals surface area (Å²) in [7, 11) is -1.77. The first-order valence-corrected chi connectivity index (χ1v) is 9.69. The molecule has 1 fully saturated rings. The molecule has 6 nitrogen and oxygen atoms in total. The van der Waals surface area contributed by atoms with Gasteiger partial charge in [0, 0.05) is 45.2 Å². The van der Waals surface area contributed by atoms with E-state index in [1.807, 2.05) is 35.2 Å². The van der Waals surface area contributed by atoms with Gasteiger partial charge in [-0.2, -0.15) is 4.31 Å². The van der Waals surface area contributed by atoms with Crippen molar-refractivity contribution in [3.8, 4) is 0 Å². The van der Waals surface area contributed by atoms with Crippen LogP contribution >= 0.6 is 12.2 Å². The van der Waals surface area contributed by atoms with E-state index in [1.165, 1.54) is 9.71 Å². The summed E-state index contributed by atoms with van der Waals surface area (Å²) in [5.41, 5.74) is 0.864. The summed E-state index contributed by atoms with van der Waals surface area (Å²) in [6, 6.07) is 9.39. The third-order valence-electron chi connectivity index (χ3n) is 3.70. The number of hydrogen-bond acceptors (Lipinski definition) is 4. The molecule has 1 heterocycles. The Balaban J connectivity index is 1.86. The van der Waals surface area contributed by atoms with Crippen LogP contribution in [0.1, 0.15) is 5.56 Å². The Kier molecular flexibility index (Phi) is 7.16. The molecular weight excluding hydrogens is 346 g/mol. The first-order chi connectivity index (χ1) is 11.5.